The van der Waals surface area contributed by atoms with Crippen LogP contribution in [-0.2, 0) is 0 Å². The molecule has 2 rings (SSSR count). The van der Waals surface area contributed by atoms with Crippen molar-refractivity contribution in [3.05, 3.63) is 28.6 Å². The number of ether oxygens (including phenoxy) is 1. The number of rotatable bonds is 1. The van der Waals surface area contributed by atoms with Crippen molar-refractivity contribution in [2.24, 2.45) is 0 Å². The zero-order valence-corrected chi connectivity index (χ0v) is 8.08. The lowest BCUT2D eigenvalue weighted by Gasteiger charge is -2.01. The van der Waals surface area contributed by atoms with Crippen LogP contribution in [-0.4, -0.2) is 7.11 Å². The van der Waals surface area contributed by atoms with Crippen LogP contribution in [0.2, 0.25) is 5.02 Å². The highest BCUT2D eigenvalue weighted by molar-refractivity contribution is 7.17. The predicted molar refractivity (Wildman–Crippen MR) is 53.4 cm³/mol. The van der Waals surface area contributed by atoms with Gasteiger partial charge in [0.15, 0.2) is 0 Å². The fourth-order valence-corrected chi connectivity index (χ4v) is 2.30. The first-order valence-corrected chi connectivity index (χ1v) is 4.78. The van der Waals surface area contributed by atoms with E-state index >= 15 is 0 Å². The minimum Gasteiger partial charge on any atom is -0.496 e. The molecular formula is C9H7ClOS. The maximum absolute atomic E-state index is 5.98. The van der Waals surface area contributed by atoms with E-state index in [0.717, 1.165) is 20.9 Å². The minimum atomic E-state index is 0.792. The first-order chi connectivity index (χ1) is 5.83. The molecule has 0 unspecified atom stereocenters. The molecule has 0 radical (unpaired) electrons. The van der Waals surface area contributed by atoms with Gasteiger partial charge in [0.25, 0.3) is 0 Å². The normalized spacial score (nSPS) is 10.5. The highest BCUT2D eigenvalue weighted by Gasteiger charge is 2.04. The molecule has 0 fully saturated rings. The summed E-state index contributed by atoms with van der Waals surface area (Å²) in [5.74, 6) is 0.885. The summed E-state index contributed by atoms with van der Waals surface area (Å²) in [6.07, 6.45) is 0. The van der Waals surface area contributed by atoms with E-state index in [9.17, 15) is 0 Å². The molecule has 1 aromatic heterocycles. The molecule has 0 bridgehead atoms. The van der Waals surface area contributed by atoms with Gasteiger partial charge in [-0.05, 0) is 23.6 Å². The Morgan fingerprint density at radius 1 is 1.33 bits per heavy atom. The van der Waals surface area contributed by atoms with E-state index in [1.807, 2.05) is 23.6 Å². The fraction of sp³-hybridized carbons (Fsp3) is 0.111. The summed E-state index contributed by atoms with van der Waals surface area (Å²) < 4.78 is 6.28. The molecule has 0 aliphatic carbocycles. The van der Waals surface area contributed by atoms with Crippen molar-refractivity contribution in [3.63, 3.8) is 0 Å². The number of halogens is 1. The SMILES string of the molecule is COc1ccc(Cl)c2sccc12. The van der Waals surface area contributed by atoms with E-state index in [1.165, 1.54) is 0 Å². The van der Waals surface area contributed by atoms with Gasteiger partial charge < -0.3 is 4.74 Å². The third-order valence-corrected chi connectivity index (χ3v) is 3.12. The lowest BCUT2D eigenvalue weighted by atomic mass is 10.2. The van der Waals surface area contributed by atoms with Gasteiger partial charge in [0.05, 0.1) is 16.8 Å². The van der Waals surface area contributed by atoms with Gasteiger partial charge in [0, 0.05) is 5.39 Å². The van der Waals surface area contributed by atoms with Gasteiger partial charge >= 0.3 is 0 Å². The standard InChI is InChI=1S/C9H7ClOS/c1-11-8-3-2-7(10)9-6(8)4-5-12-9/h2-5H,1H3. The summed E-state index contributed by atoms with van der Waals surface area (Å²) in [5.41, 5.74) is 0. The van der Waals surface area contributed by atoms with Crippen LogP contribution in [0, 0.1) is 0 Å². The second-order valence-corrected chi connectivity index (χ2v) is 3.74. The van der Waals surface area contributed by atoms with Gasteiger partial charge in [0.2, 0.25) is 0 Å². The van der Waals surface area contributed by atoms with Gasteiger partial charge in [-0.15, -0.1) is 11.3 Å². The summed E-state index contributed by atoms with van der Waals surface area (Å²) in [4.78, 5) is 0. The Balaban J connectivity index is 2.82. The van der Waals surface area contributed by atoms with Crippen molar-refractivity contribution in [2.45, 2.75) is 0 Å². The monoisotopic (exact) mass is 198 g/mol. The number of methoxy groups -OCH3 is 1. The summed E-state index contributed by atoms with van der Waals surface area (Å²) in [6.45, 7) is 0. The van der Waals surface area contributed by atoms with E-state index < -0.39 is 0 Å². The van der Waals surface area contributed by atoms with Gasteiger partial charge in [-0.1, -0.05) is 11.6 Å². The first kappa shape index (κ1) is 7.90. The molecule has 1 heterocycles. The highest BCUT2D eigenvalue weighted by Crippen LogP contribution is 2.34. The summed E-state index contributed by atoms with van der Waals surface area (Å²) in [7, 11) is 1.67. The summed E-state index contributed by atoms with van der Waals surface area (Å²) in [6, 6.07) is 5.77. The Bertz CT molecular complexity index is 408. The van der Waals surface area contributed by atoms with Crippen molar-refractivity contribution in [3.8, 4) is 5.75 Å². The lowest BCUT2D eigenvalue weighted by molar-refractivity contribution is 0.420. The van der Waals surface area contributed by atoms with E-state index in [4.69, 9.17) is 16.3 Å². The Morgan fingerprint density at radius 2 is 2.17 bits per heavy atom. The van der Waals surface area contributed by atoms with E-state index in [-0.39, 0.29) is 0 Å². The van der Waals surface area contributed by atoms with Crippen LogP contribution >= 0.6 is 22.9 Å². The van der Waals surface area contributed by atoms with E-state index in [2.05, 4.69) is 0 Å². The zero-order valence-electron chi connectivity index (χ0n) is 6.50. The van der Waals surface area contributed by atoms with Gasteiger partial charge in [-0.2, -0.15) is 0 Å². The van der Waals surface area contributed by atoms with Crippen molar-refractivity contribution >= 4 is 33.0 Å². The molecule has 0 amide bonds. The molecule has 1 nitrogen and oxygen atoms in total. The smallest absolute Gasteiger partial charge is 0.127 e. The Hall–Kier alpha value is -0.730. The topological polar surface area (TPSA) is 9.23 Å². The maximum Gasteiger partial charge on any atom is 0.127 e. The van der Waals surface area contributed by atoms with Gasteiger partial charge in [0.1, 0.15) is 5.75 Å². The van der Waals surface area contributed by atoms with Crippen molar-refractivity contribution < 1.29 is 4.74 Å². The Kier molecular flexibility index (Phi) is 1.95. The minimum absolute atomic E-state index is 0.792. The van der Waals surface area contributed by atoms with E-state index in [0.29, 0.717) is 0 Å². The third-order valence-electron chi connectivity index (χ3n) is 1.75. The number of hydrogen-bond donors (Lipinski definition) is 0. The van der Waals surface area contributed by atoms with Crippen molar-refractivity contribution in [1.82, 2.24) is 0 Å². The summed E-state index contributed by atoms with van der Waals surface area (Å²) >= 11 is 7.61. The van der Waals surface area contributed by atoms with Crippen molar-refractivity contribution in [2.75, 3.05) is 7.11 Å². The molecule has 1 aromatic carbocycles. The number of thiophene rings is 1. The molecule has 0 aliphatic heterocycles. The summed E-state index contributed by atoms with van der Waals surface area (Å²) in [5, 5.41) is 3.90. The van der Waals surface area contributed by atoms with Crippen LogP contribution in [0.25, 0.3) is 10.1 Å². The molecule has 3 heteroatoms. The second kappa shape index (κ2) is 2.96. The highest BCUT2D eigenvalue weighted by atomic mass is 35.5. The van der Waals surface area contributed by atoms with Crippen LogP contribution in [0.5, 0.6) is 5.75 Å². The van der Waals surface area contributed by atoms with Gasteiger partial charge in [-0.3, -0.25) is 0 Å². The number of hydrogen-bond acceptors (Lipinski definition) is 2. The molecule has 0 aliphatic rings. The average Bonchev–Trinajstić information content (AvgIpc) is 2.54. The number of fused-ring (bicyclic) bond motifs is 1. The maximum atomic E-state index is 5.98. The second-order valence-electron chi connectivity index (χ2n) is 2.41. The predicted octanol–water partition coefficient (Wildman–Crippen LogP) is 3.56. The molecule has 0 spiro atoms. The van der Waals surface area contributed by atoms with Gasteiger partial charge in [-0.25, -0.2) is 0 Å². The Labute approximate surface area is 79.5 Å². The van der Waals surface area contributed by atoms with Crippen LogP contribution in [0.4, 0.5) is 0 Å². The molecular weight excluding hydrogens is 192 g/mol. The third kappa shape index (κ3) is 1.08. The molecule has 2 aromatic rings. The van der Waals surface area contributed by atoms with Crippen molar-refractivity contribution in [1.29, 1.82) is 0 Å². The van der Waals surface area contributed by atoms with Crippen LogP contribution < -0.4 is 4.74 Å². The molecule has 12 heavy (non-hydrogen) atoms. The molecule has 0 saturated carbocycles. The molecule has 0 saturated heterocycles. The molecule has 62 valence electrons. The zero-order chi connectivity index (χ0) is 8.55. The lowest BCUT2D eigenvalue weighted by Crippen LogP contribution is -1.81. The first-order valence-electron chi connectivity index (χ1n) is 3.52. The van der Waals surface area contributed by atoms with Crippen LogP contribution in [0.3, 0.4) is 0 Å². The Morgan fingerprint density at radius 3 is 2.92 bits per heavy atom. The average molecular weight is 199 g/mol. The largest absolute Gasteiger partial charge is 0.496 e. The van der Waals surface area contributed by atoms with Crippen LogP contribution in [0.15, 0.2) is 23.6 Å². The molecule has 0 N–H and O–H groups in total. The fourth-order valence-electron chi connectivity index (χ4n) is 1.18. The van der Waals surface area contributed by atoms with Crippen LogP contribution in [0.1, 0.15) is 0 Å². The van der Waals surface area contributed by atoms with E-state index in [1.54, 1.807) is 18.4 Å². The molecule has 0 atom stereocenters. The quantitative estimate of drug-likeness (QED) is 0.681. The number of benzene rings is 1.